The third kappa shape index (κ3) is 5.46. The highest BCUT2D eigenvalue weighted by Crippen LogP contribution is 2.12. The third-order valence-electron chi connectivity index (χ3n) is 3.24. The molecule has 0 aromatic heterocycles. The fourth-order valence-electron chi connectivity index (χ4n) is 1.60. The second kappa shape index (κ2) is 8.21. The van der Waals surface area contributed by atoms with Crippen LogP contribution in [0, 0.1) is 0 Å². The standard InChI is InChI=1S/C15H25NO4/c1-3-12-4-6-14(7-5-12)20-9-13(19)8-16-15(2,10-17)11-18/h4-7,13,16-19H,3,8-11H2,1-2H3. The number of aliphatic hydroxyl groups excluding tert-OH is 3. The smallest absolute Gasteiger partial charge is 0.119 e. The molecule has 0 amide bonds. The maximum Gasteiger partial charge on any atom is 0.119 e. The van der Waals surface area contributed by atoms with E-state index in [1.54, 1.807) is 6.92 Å². The molecule has 0 bridgehead atoms. The lowest BCUT2D eigenvalue weighted by Crippen LogP contribution is -2.52. The van der Waals surface area contributed by atoms with Gasteiger partial charge < -0.3 is 25.4 Å². The highest BCUT2D eigenvalue weighted by atomic mass is 16.5. The highest BCUT2D eigenvalue weighted by Gasteiger charge is 2.22. The lowest BCUT2D eigenvalue weighted by atomic mass is 10.1. The Morgan fingerprint density at radius 2 is 1.80 bits per heavy atom. The Hall–Kier alpha value is -1.14. The van der Waals surface area contributed by atoms with E-state index in [1.807, 2.05) is 24.3 Å². The van der Waals surface area contributed by atoms with Crippen LogP contribution in [0.15, 0.2) is 24.3 Å². The lowest BCUT2D eigenvalue weighted by molar-refractivity contribution is 0.0666. The molecule has 1 aromatic carbocycles. The van der Waals surface area contributed by atoms with Crippen molar-refractivity contribution in [1.29, 1.82) is 0 Å². The monoisotopic (exact) mass is 283 g/mol. The van der Waals surface area contributed by atoms with Gasteiger partial charge in [0, 0.05) is 6.54 Å². The van der Waals surface area contributed by atoms with Crippen molar-refractivity contribution >= 4 is 0 Å². The van der Waals surface area contributed by atoms with Crippen molar-refractivity contribution in [1.82, 2.24) is 5.32 Å². The van der Waals surface area contributed by atoms with Crippen LogP contribution in [-0.4, -0.2) is 53.3 Å². The number of ether oxygens (including phenoxy) is 1. The largest absolute Gasteiger partial charge is 0.491 e. The number of β-amino-alcohol motifs (C(OH)–C–C–N with tert-alkyl or cyclic N) is 1. The zero-order chi connectivity index (χ0) is 15.0. The number of rotatable bonds is 9. The summed E-state index contributed by atoms with van der Waals surface area (Å²) >= 11 is 0. The molecule has 0 saturated heterocycles. The normalized spacial score (nSPS) is 13.2. The highest BCUT2D eigenvalue weighted by molar-refractivity contribution is 5.27. The first-order valence-electron chi connectivity index (χ1n) is 6.89. The number of benzene rings is 1. The van der Waals surface area contributed by atoms with Gasteiger partial charge in [-0.15, -0.1) is 0 Å². The summed E-state index contributed by atoms with van der Waals surface area (Å²) < 4.78 is 5.48. The van der Waals surface area contributed by atoms with E-state index in [2.05, 4.69) is 12.2 Å². The molecule has 20 heavy (non-hydrogen) atoms. The van der Waals surface area contributed by atoms with E-state index in [9.17, 15) is 5.11 Å². The molecule has 5 heteroatoms. The minimum atomic E-state index is -0.788. The maximum absolute atomic E-state index is 9.81. The molecule has 0 heterocycles. The zero-order valence-electron chi connectivity index (χ0n) is 12.2. The predicted molar refractivity (Wildman–Crippen MR) is 77.9 cm³/mol. The van der Waals surface area contributed by atoms with Gasteiger partial charge in [0.25, 0.3) is 0 Å². The van der Waals surface area contributed by atoms with Gasteiger partial charge >= 0.3 is 0 Å². The van der Waals surface area contributed by atoms with Crippen LogP contribution in [0.3, 0.4) is 0 Å². The Balaban J connectivity index is 2.33. The summed E-state index contributed by atoms with van der Waals surface area (Å²) in [4.78, 5) is 0. The van der Waals surface area contributed by atoms with E-state index in [1.165, 1.54) is 5.56 Å². The van der Waals surface area contributed by atoms with Crippen molar-refractivity contribution in [2.24, 2.45) is 0 Å². The Morgan fingerprint density at radius 3 is 2.30 bits per heavy atom. The van der Waals surface area contributed by atoms with Crippen molar-refractivity contribution in [3.63, 3.8) is 0 Å². The fraction of sp³-hybridized carbons (Fsp3) is 0.600. The molecular formula is C15H25NO4. The molecule has 0 fully saturated rings. The van der Waals surface area contributed by atoms with Crippen LogP contribution in [-0.2, 0) is 6.42 Å². The third-order valence-corrected chi connectivity index (χ3v) is 3.24. The minimum absolute atomic E-state index is 0.158. The number of aryl methyl sites for hydroxylation is 1. The summed E-state index contributed by atoms with van der Waals surface area (Å²) in [5.74, 6) is 0.716. The van der Waals surface area contributed by atoms with Crippen LogP contribution < -0.4 is 10.1 Å². The molecule has 0 saturated carbocycles. The quantitative estimate of drug-likeness (QED) is 0.525. The van der Waals surface area contributed by atoms with E-state index >= 15 is 0 Å². The van der Waals surface area contributed by atoms with E-state index in [4.69, 9.17) is 14.9 Å². The molecule has 114 valence electrons. The van der Waals surface area contributed by atoms with Crippen LogP contribution in [0.4, 0.5) is 0 Å². The van der Waals surface area contributed by atoms with Gasteiger partial charge in [-0.25, -0.2) is 0 Å². The molecule has 1 atom stereocenters. The van der Waals surface area contributed by atoms with Crippen LogP contribution in [0.1, 0.15) is 19.4 Å². The molecule has 5 nitrogen and oxygen atoms in total. The molecule has 0 aliphatic rings. The average molecular weight is 283 g/mol. The first-order valence-corrected chi connectivity index (χ1v) is 6.89. The molecule has 0 spiro atoms. The summed E-state index contributed by atoms with van der Waals surface area (Å²) in [6.07, 6.45) is 0.270. The summed E-state index contributed by atoms with van der Waals surface area (Å²) in [5, 5.41) is 31.0. The SMILES string of the molecule is CCc1ccc(OCC(O)CNC(C)(CO)CO)cc1. The van der Waals surface area contributed by atoms with Crippen molar-refractivity contribution in [2.75, 3.05) is 26.4 Å². The second-order valence-electron chi connectivity index (χ2n) is 5.22. The fourth-order valence-corrected chi connectivity index (χ4v) is 1.60. The van der Waals surface area contributed by atoms with Gasteiger partial charge in [-0.05, 0) is 31.0 Å². The molecule has 1 aromatic rings. The van der Waals surface area contributed by atoms with E-state index < -0.39 is 11.6 Å². The molecule has 0 aliphatic heterocycles. The summed E-state index contributed by atoms with van der Waals surface area (Å²) in [6.45, 7) is 3.77. The molecule has 1 unspecified atom stereocenters. The summed E-state index contributed by atoms with van der Waals surface area (Å²) in [6, 6.07) is 7.75. The molecule has 0 radical (unpaired) electrons. The Kier molecular flexibility index (Phi) is 6.95. The zero-order valence-corrected chi connectivity index (χ0v) is 12.2. The first kappa shape index (κ1) is 16.9. The number of aliphatic hydroxyl groups is 3. The van der Waals surface area contributed by atoms with Crippen LogP contribution in [0.5, 0.6) is 5.75 Å². The van der Waals surface area contributed by atoms with E-state index in [0.29, 0.717) is 5.75 Å². The number of hydrogen-bond donors (Lipinski definition) is 4. The van der Waals surface area contributed by atoms with Crippen molar-refractivity contribution < 1.29 is 20.1 Å². The number of nitrogens with one attached hydrogen (secondary N) is 1. The van der Waals surface area contributed by atoms with Crippen LogP contribution in [0.2, 0.25) is 0 Å². The van der Waals surface area contributed by atoms with Crippen molar-refractivity contribution in [3.05, 3.63) is 29.8 Å². The number of hydrogen-bond acceptors (Lipinski definition) is 5. The van der Waals surface area contributed by atoms with E-state index in [-0.39, 0.29) is 26.4 Å². The van der Waals surface area contributed by atoms with E-state index in [0.717, 1.165) is 6.42 Å². The predicted octanol–water partition coefficient (Wildman–Crippen LogP) is 0.322. The maximum atomic E-state index is 9.81. The van der Waals surface area contributed by atoms with Gasteiger partial charge in [0.2, 0.25) is 0 Å². The average Bonchev–Trinajstić information content (AvgIpc) is 2.51. The topological polar surface area (TPSA) is 82.0 Å². The molecule has 4 N–H and O–H groups in total. The van der Waals surface area contributed by atoms with Gasteiger partial charge in [-0.1, -0.05) is 19.1 Å². The van der Waals surface area contributed by atoms with Crippen LogP contribution >= 0.6 is 0 Å². The Bertz CT molecular complexity index is 376. The summed E-state index contributed by atoms with van der Waals surface area (Å²) in [5.41, 5.74) is 0.449. The molecule has 0 aliphatic carbocycles. The molecule has 1 rings (SSSR count). The van der Waals surface area contributed by atoms with Crippen molar-refractivity contribution in [2.45, 2.75) is 31.9 Å². The summed E-state index contributed by atoms with van der Waals surface area (Å²) in [7, 11) is 0. The Labute approximate surface area is 120 Å². The molecular weight excluding hydrogens is 258 g/mol. The lowest BCUT2D eigenvalue weighted by Gasteiger charge is -2.27. The van der Waals surface area contributed by atoms with Gasteiger partial charge in [0.05, 0.1) is 18.8 Å². The Morgan fingerprint density at radius 1 is 1.20 bits per heavy atom. The van der Waals surface area contributed by atoms with Gasteiger partial charge in [0.1, 0.15) is 18.5 Å². The first-order chi connectivity index (χ1) is 9.53. The van der Waals surface area contributed by atoms with Gasteiger partial charge in [-0.2, -0.15) is 0 Å². The van der Waals surface area contributed by atoms with Crippen LogP contribution in [0.25, 0.3) is 0 Å². The van der Waals surface area contributed by atoms with Crippen molar-refractivity contribution in [3.8, 4) is 5.75 Å². The van der Waals surface area contributed by atoms with Gasteiger partial charge in [0.15, 0.2) is 0 Å². The van der Waals surface area contributed by atoms with Gasteiger partial charge in [-0.3, -0.25) is 0 Å². The second-order valence-corrected chi connectivity index (χ2v) is 5.22. The minimum Gasteiger partial charge on any atom is -0.491 e.